The SMILES string of the molecule is CCCCc1cc2ccccc2c(OCCN(C)COC)n1. The first-order valence-corrected chi connectivity index (χ1v) is 7.93. The molecule has 0 N–H and O–H groups in total. The number of aromatic nitrogens is 1. The number of unbranched alkanes of at least 4 members (excludes halogenated alkanes) is 1. The van der Waals surface area contributed by atoms with Gasteiger partial charge in [-0.2, -0.15) is 0 Å². The van der Waals surface area contributed by atoms with Crippen LogP contribution < -0.4 is 4.74 Å². The first-order valence-electron chi connectivity index (χ1n) is 7.93. The third-order valence-electron chi connectivity index (χ3n) is 3.61. The summed E-state index contributed by atoms with van der Waals surface area (Å²) in [4.78, 5) is 6.78. The van der Waals surface area contributed by atoms with Gasteiger partial charge in [0.25, 0.3) is 0 Å². The highest BCUT2D eigenvalue weighted by atomic mass is 16.5. The third kappa shape index (κ3) is 4.68. The Labute approximate surface area is 133 Å². The Balaban J connectivity index is 2.12. The maximum Gasteiger partial charge on any atom is 0.221 e. The van der Waals surface area contributed by atoms with Gasteiger partial charge < -0.3 is 9.47 Å². The van der Waals surface area contributed by atoms with Gasteiger partial charge >= 0.3 is 0 Å². The van der Waals surface area contributed by atoms with E-state index in [2.05, 4.69) is 36.1 Å². The highest BCUT2D eigenvalue weighted by Gasteiger charge is 2.07. The normalized spacial score (nSPS) is 11.3. The quantitative estimate of drug-likeness (QED) is 0.664. The zero-order chi connectivity index (χ0) is 15.8. The van der Waals surface area contributed by atoms with E-state index in [4.69, 9.17) is 14.5 Å². The minimum Gasteiger partial charge on any atom is -0.476 e. The summed E-state index contributed by atoms with van der Waals surface area (Å²) in [6.45, 7) is 4.22. The fourth-order valence-corrected chi connectivity index (χ4v) is 2.40. The van der Waals surface area contributed by atoms with Crippen molar-refractivity contribution in [3.8, 4) is 5.88 Å². The topological polar surface area (TPSA) is 34.6 Å². The lowest BCUT2D eigenvalue weighted by Crippen LogP contribution is -2.26. The molecule has 0 aliphatic carbocycles. The molecule has 22 heavy (non-hydrogen) atoms. The monoisotopic (exact) mass is 302 g/mol. The molecule has 0 saturated carbocycles. The van der Waals surface area contributed by atoms with Crippen LogP contribution in [0.25, 0.3) is 10.8 Å². The lowest BCUT2D eigenvalue weighted by Gasteiger charge is -2.16. The molecule has 120 valence electrons. The van der Waals surface area contributed by atoms with E-state index in [1.165, 1.54) is 11.8 Å². The molecule has 2 aromatic rings. The summed E-state index contributed by atoms with van der Waals surface area (Å²) in [6, 6.07) is 10.5. The molecule has 0 aliphatic heterocycles. The number of hydrogen-bond donors (Lipinski definition) is 0. The van der Waals surface area contributed by atoms with Crippen molar-refractivity contribution >= 4 is 10.8 Å². The Morgan fingerprint density at radius 3 is 2.82 bits per heavy atom. The molecule has 0 radical (unpaired) electrons. The number of hydrogen-bond acceptors (Lipinski definition) is 4. The van der Waals surface area contributed by atoms with Crippen molar-refractivity contribution in [3.63, 3.8) is 0 Å². The molecule has 0 saturated heterocycles. The maximum absolute atomic E-state index is 5.95. The van der Waals surface area contributed by atoms with Crippen molar-refractivity contribution in [2.24, 2.45) is 0 Å². The molecule has 0 unspecified atom stereocenters. The van der Waals surface area contributed by atoms with E-state index < -0.39 is 0 Å². The van der Waals surface area contributed by atoms with Crippen LogP contribution in [0.15, 0.2) is 30.3 Å². The Morgan fingerprint density at radius 1 is 1.23 bits per heavy atom. The summed E-state index contributed by atoms with van der Waals surface area (Å²) < 4.78 is 11.0. The summed E-state index contributed by atoms with van der Waals surface area (Å²) in [7, 11) is 3.71. The predicted octanol–water partition coefficient (Wildman–Crippen LogP) is 3.49. The summed E-state index contributed by atoms with van der Waals surface area (Å²) in [6.07, 6.45) is 3.33. The lowest BCUT2D eigenvalue weighted by atomic mass is 10.1. The van der Waals surface area contributed by atoms with E-state index in [0.717, 1.165) is 36.3 Å². The number of methoxy groups -OCH3 is 1. The van der Waals surface area contributed by atoms with Crippen LogP contribution in [0.5, 0.6) is 5.88 Å². The first-order chi connectivity index (χ1) is 10.7. The molecule has 4 heteroatoms. The largest absolute Gasteiger partial charge is 0.476 e. The number of benzene rings is 1. The van der Waals surface area contributed by atoms with Crippen LogP contribution in [0.1, 0.15) is 25.5 Å². The smallest absolute Gasteiger partial charge is 0.221 e. The molecule has 0 amide bonds. The van der Waals surface area contributed by atoms with E-state index in [0.29, 0.717) is 13.3 Å². The van der Waals surface area contributed by atoms with Crippen molar-refractivity contribution in [3.05, 3.63) is 36.0 Å². The summed E-state index contributed by atoms with van der Waals surface area (Å²) in [5.74, 6) is 0.745. The Bertz CT molecular complexity index is 586. The Hall–Kier alpha value is -1.65. The molecule has 0 fully saturated rings. The van der Waals surface area contributed by atoms with Crippen LogP contribution in [-0.4, -0.2) is 43.9 Å². The van der Waals surface area contributed by atoms with Gasteiger partial charge in [-0.25, -0.2) is 4.98 Å². The Kier molecular flexibility index (Phi) is 6.62. The molecule has 2 rings (SSSR count). The van der Waals surface area contributed by atoms with E-state index >= 15 is 0 Å². The second-order valence-corrected chi connectivity index (χ2v) is 5.59. The van der Waals surface area contributed by atoms with Crippen molar-refractivity contribution in [2.45, 2.75) is 26.2 Å². The average Bonchev–Trinajstić information content (AvgIpc) is 2.53. The highest BCUT2D eigenvalue weighted by molar-refractivity contribution is 5.87. The van der Waals surface area contributed by atoms with Gasteiger partial charge in [0, 0.05) is 24.7 Å². The fourth-order valence-electron chi connectivity index (χ4n) is 2.40. The molecular formula is C18H26N2O2. The number of aryl methyl sites for hydroxylation is 1. The lowest BCUT2D eigenvalue weighted by molar-refractivity contribution is 0.0719. The van der Waals surface area contributed by atoms with Crippen LogP contribution in [-0.2, 0) is 11.2 Å². The minimum atomic E-state index is 0.605. The van der Waals surface area contributed by atoms with Crippen molar-refractivity contribution in [1.29, 1.82) is 0 Å². The number of fused-ring (bicyclic) bond motifs is 1. The number of rotatable bonds is 9. The zero-order valence-electron chi connectivity index (χ0n) is 13.8. The summed E-state index contributed by atoms with van der Waals surface area (Å²) in [5.41, 5.74) is 1.11. The van der Waals surface area contributed by atoms with Gasteiger partial charge in [-0.05, 0) is 37.4 Å². The van der Waals surface area contributed by atoms with Crippen LogP contribution in [0, 0.1) is 0 Å². The third-order valence-corrected chi connectivity index (χ3v) is 3.61. The van der Waals surface area contributed by atoms with Crippen LogP contribution in [0.3, 0.4) is 0 Å². The number of pyridine rings is 1. The molecule has 1 aromatic heterocycles. The molecule has 0 spiro atoms. The van der Waals surface area contributed by atoms with Crippen LogP contribution in [0.2, 0.25) is 0 Å². The minimum absolute atomic E-state index is 0.605. The second kappa shape index (κ2) is 8.71. The maximum atomic E-state index is 5.95. The van der Waals surface area contributed by atoms with E-state index in [1.54, 1.807) is 7.11 Å². The van der Waals surface area contributed by atoms with Crippen molar-refractivity contribution in [2.75, 3.05) is 34.0 Å². The molecule has 0 aliphatic rings. The molecule has 0 atom stereocenters. The molecule has 1 heterocycles. The van der Waals surface area contributed by atoms with Gasteiger partial charge in [-0.3, -0.25) is 4.90 Å². The molecular weight excluding hydrogens is 276 g/mol. The van der Waals surface area contributed by atoms with E-state index in [-0.39, 0.29) is 0 Å². The van der Waals surface area contributed by atoms with Gasteiger partial charge in [0.15, 0.2) is 0 Å². The van der Waals surface area contributed by atoms with Crippen LogP contribution in [0.4, 0.5) is 0 Å². The standard InChI is InChI=1S/C18H26N2O2/c1-4-5-9-16-13-15-8-6-7-10-17(15)18(19-16)22-12-11-20(2)14-21-3/h6-8,10,13H,4-5,9,11-12,14H2,1-3H3. The van der Waals surface area contributed by atoms with Crippen LogP contribution >= 0.6 is 0 Å². The van der Waals surface area contributed by atoms with Gasteiger partial charge in [0.05, 0.1) is 6.73 Å². The van der Waals surface area contributed by atoms with Gasteiger partial charge in [-0.15, -0.1) is 0 Å². The molecule has 4 nitrogen and oxygen atoms in total. The first kappa shape index (κ1) is 16.7. The zero-order valence-corrected chi connectivity index (χ0v) is 13.8. The van der Waals surface area contributed by atoms with E-state index in [1.807, 2.05) is 13.1 Å². The van der Waals surface area contributed by atoms with E-state index in [9.17, 15) is 0 Å². The summed E-state index contributed by atoms with van der Waals surface area (Å²) in [5, 5.41) is 2.28. The fraction of sp³-hybridized carbons (Fsp3) is 0.500. The van der Waals surface area contributed by atoms with Gasteiger partial charge in [0.1, 0.15) is 6.61 Å². The van der Waals surface area contributed by atoms with Crippen molar-refractivity contribution < 1.29 is 9.47 Å². The number of ether oxygens (including phenoxy) is 2. The molecule has 1 aromatic carbocycles. The Morgan fingerprint density at radius 2 is 2.05 bits per heavy atom. The predicted molar refractivity (Wildman–Crippen MR) is 90.4 cm³/mol. The number of likely N-dealkylation sites (N-methyl/N-ethyl adjacent to an activating group) is 1. The highest BCUT2D eigenvalue weighted by Crippen LogP contribution is 2.25. The van der Waals surface area contributed by atoms with Gasteiger partial charge in [-0.1, -0.05) is 31.5 Å². The average molecular weight is 302 g/mol. The number of nitrogens with zero attached hydrogens (tertiary/aromatic N) is 2. The molecule has 0 bridgehead atoms. The van der Waals surface area contributed by atoms with Gasteiger partial charge in [0.2, 0.25) is 5.88 Å². The van der Waals surface area contributed by atoms with Crippen molar-refractivity contribution in [1.82, 2.24) is 9.88 Å². The summed E-state index contributed by atoms with van der Waals surface area (Å²) >= 11 is 0. The second-order valence-electron chi connectivity index (χ2n) is 5.59.